The minimum absolute atomic E-state index is 0.0874. The largest absolute Gasteiger partial charge is 0.481 e. The normalized spacial score (nSPS) is 18.1. The monoisotopic (exact) mass is 307 g/mol. The summed E-state index contributed by atoms with van der Waals surface area (Å²) in [5.41, 5.74) is -0.625. The fourth-order valence-electron chi connectivity index (χ4n) is 2.19. The molecule has 0 aromatic heterocycles. The van der Waals surface area contributed by atoms with Crippen molar-refractivity contribution in [2.75, 3.05) is 26.2 Å². The Kier molecular flexibility index (Phi) is 5.11. The zero-order valence-corrected chi connectivity index (χ0v) is 12.5. The van der Waals surface area contributed by atoms with Gasteiger partial charge in [0.05, 0.1) is 6.42 Å². The number of rotatable bonds is 5. The van der Waals surface area contributed by atoms with Crippen LogP contribution in [0.2, 0.25) is 0 Å². The van der Waals surface area contributed by atoms with Crippen LogP contribution in [0.25, 0.3) is 0 Å². The van der Waals surface area contributed by atoms with Crippen molar-refractivity contribution >= 4 is 22.1 Å². The summed E-state index contributed by atoms with van der Waals surface area (Å²) in [6, 6.07) is 0. The van der Waals surface area contributed by atoms with Crippen molar-refractivity contribution in [1.82, 2.24) is 9.21 Å². The van der Waals surface area contributed by atoms with Crippen LogP contribution in [0.1, 0.15) is 26.7 Å². The Hall–Kier alpha value is -1.19. The van der Waals surface area contributed by atoms with Crippen LogP contribution in [0.4, 0.5) is 0 Å². The molecule has 0 unspecified atom stereocenters. The third-order valence-corrected chi connectivity index (χ3v) is 4.30. The van der Waals surface area contributed by atoms with E-state index in [4.69, 9.17) is 10.2 Å². The number of amides is 1. The smallest absolute Gasteiger partial charge is 0.303 e. The second-order valence-corrected chi connectivity index (χ2v) is 7.28. The van der Waals surface area contributed by atoms with Gasteiger partial charge in [-0.05, 0) is 5.41 Å². The molecule has 0 bridgehead atoms. The molecule has 8 nitrogen and oxygen atoms in total. The Morgan fingerprint density at radius 2 is 1.65 bits per heavy atom. The summed E-state index contributed by atoms with van der Waals surface area (Å²) < 4.78 is 23.4. The number of hydrogen-bond acceptors (Lipinski definition) is 4. The molecule has 1 aliphatic rings. The lowest BCUT2D eigenvalue weighted by atomic mass is 9.85. The molecule has 0 aromatic rings. The van der Waals surface area contributed by atoms with Gasteiger partial charge in [0, 0.05) is 32.6 Å². The predicted molar refractivity (Wildman–Crippen MR) is 71.9 cm³/mol. The van der Waals surface area contributed by atoms with Gasteiger partial charge < -0.3 is 10.0 Å². The molecule has 1 amide bonds. The molecular formula is C11H21N3O5S. The van der Waals surface area contributed by atoms with E-state index >= 15 is 0 Å². The number of carboxylic acids is 1. The van der Waals surface area contributed by atoms with Gasteiger partial charge in [-0.25, -0.2) is 5.14 Å². The zero-order chi connectivity index (χ0) is 15.6. The molecule has 116 valence electrons. The van der Waals surface area contributed by atoms with Gasteiger partial charge in [0.25, 0.3) is 10.2 Å². The van der Waals surface area contributed by atoms with Crippen LogP contribution in [0, 0.1) is 5.41 Å². The van der Waals surface area contributed by atoms with Crippen molar-refractivity contribution < 1.29 is 23.1 Å². The van der Waals surface area contributed by atoms with Gasteiger partial charge in [-0.3, -0.25) is 9.59 Å². The number of carbonyl (C=O) groups is 2. The van der Waals surface area contributed by atoms with Crippen molar-refractivity contribution in [1.29, 1.82) is 0 Å². The number of hydrogen-bond donors (Lipinski definition) is 2. The van der Waals surface area contributed by atoms with Crippen molar-refractivity contribution in [3.8, 4) is 0 Å². The molecule has 1 rings (SSSR count). The fourth-order valence-corrected chi connectivity index (χ4v) is 2.86. The molecule has 0 aliphatic carbocycles. The maximum atomic E-state index is 12.1. The Balaban J connectivity index is 2.53. The zero-order valence-electron chi connectivity index (χ0n) is 11.7. The van der Waals surface area contributed by atoms with Gasteiger partial charge in [-0.1, -0.05) is 13.8 Å². The highest BCUT2D eigenvalue weighted by molar-refractivity contribution is 7.86. The number of carboxylic acid groups (broad SMARTS) is 1. The van der Waals surface area contributed by atoms with E-state index in [0.29, 0.717) is 0 Å². The minimum Gasteiger partial charge on any atom is -0.481 e. The maximum Gasteiger partial charge on any atom is 0.303 e. The summed E-state index contributed by atoms with van der Waals surface area (Å²) in [5, 5.41) is 13.8. The lowest BCUT2D eigenvalue weighted by Gasteiger charge is -2.34. The van der Waals surface area contributed by atoms with E-state index in [1.54, 1.807) is 18.7 Å². The summed E-state index contributed by atoms with van der Waals surface area (Å²) in [7, 11) is -3.71. The van der Waals surface area contributed by atoms with Gasteiger partial charge in [-0.15, -0.1) is 0 Å². The number of piperazine rings is 1. The van der Waals surface area contributed by atoms with E-state index in [0.717, 1.165) is 4.31 Å². The van der Waals surface area contributed by atoms with Crippen LogP contribution in [0.15, 0.2) is 0 Å². The van der Waals surface area contributed by atoms with E-state index in [1.165, 1.54) is 0 Å². The summed E-state index contributed by atoms with van der Waals surface area (Å²) >= 11 is 0. The van der Waals surface area contributed by atoms with Gasteiger partial charge >= 0.3 is 5.97 Å². The third kappa shape index (κ3) is 5.06. The van der Waals surface area contributed by atoms with Crippen LogP contribution in [-0.4, -0.2) is 60.8 Å². The molecule has 1 aliphatic heterocycles. The van der Waals surface area contributed by atoms with E-state index in [2.05, 4.69) is 0 Å². The van der Waals surface area contributed by atoms with Gasteiger partial charge in [-0.2, -0.15) is 12.7 Å². The van der Waals surface area contributed by atoms with Crippen LogP contribution in [-0.2, 0) is 19.8 Å². The van der Waals surface area contributed by atoms with Gasteiger partial charge in [0.2, 0.25) is 5.91 Å². The summed E-state index contributed by atoms with van der Waals surface area (Å²) in [5.74, 6) is -1.10. The molecule has 20 heavy (non-hydrogen) atoms. The number of nitrogens with zero attached hydrogens (tertiary/aromatic N) is 2. The Labute approximate surface area is 118 Å². The van der Waals surface area contributed by atoms with Crippen LogP contribution in [0.3, 0.4) is 0 Å². The van der Waals surface area contributed by atoms with Gasteiger partial charge in [0.15, 0.2) is 0 Å². The summed E-state index contributed by atoms with van der Waals surface area (Å²) in [6.07, 6.45) is 0.0323. The Morgan fingerprint density at radius 1 is 1.15 bits per heavy atom. The van der Waals surface area contributed by atoms with Crippen molar-refractivity contribution in [2.45, 2.75) is 26.7 Å². The molecule has 0 saturated carbocycles. The SMILES string of the molecule is CC(C)(CC(=O)O)CC(=O)N1CCN(S(N)(=O)=O)CC1. The van der Waals surface area contributed by atoms with Crippen molar-refractivity contribution in [3.63, 3.8) is 0 Å². The average Bonchev–Trinajstić information content (AvgIpc) is 2.25. The Bertz CT molecular complexity index is 480. The first-order chi connectivity index (χ1) is 9.01. The number of nitrogens with two attached hydrogens (primary N) is 1. The lowest BCUT2D eigenvalue weighted by molar-refractivity contribution is -0.141. The van der Waals surface area contributed by atoms with Crippen LogP contribution in [0.5, 0.6) is 0 Å². The first-order valence-corrected chi connectivity index (χ1v) is 7.79. The first-order valence-electron chi connectivity index (χ1n) is 6.29. The Morgan fingerprint density at radius 3 is 2.05 bits per heavy atom. The molecule has 0 spiro atoms. The van der Waals surface area contributed by atoms with E-state index in [-0.39, 0.29) is 44.9 Å². The first kappa shape index (κ1) is 16.9. The maximum absolute atomic E-state index is 12.1. The average molecular weight is 307 g/mol. The highest BCUT2D eigenvalue weighted by Crippen LogP contribution is 2.26. The number of aliphatic carboxylic acids is 1. The van der Waals surface area contributed by atoms with Gasteiger partial charge in [0.1, 0.15) is 0 Å². The highest BCUT2D eigenvalue weighted by Gasteiger charge is 2.31. The van der Waals surface area contributed by atoms with Crippen LogP contribution >= 0.6 is 0 Å². The molecule has 1 fully saturated rings. The standard InChI is InChI=1S/C11H21N3O5S/c1-11(2,8-10(16)17)7-9(15)13-3-5-14(6-4-13)20(12,18)19/h3-8H2,1-2H3,(H,16,17)(H2,12,18,19). The molecule has 9 heteroatoms. The second-order valence-electron chi connectivity index (χ2n) is 5.74. The van der Waals surface area contributed by atoms with Crippen molar-refractivity contribution in [3.05, 3.63) is 0 Å². The lowest BCUT2D eigenvalue weighted by Crippen LogP contribution is -2.52. The van der Waals surface area contributed by atoms with Crippen LogP contribution < -0.4 is 5.14 Å². The quantitative estimate of drug-likeness (QED) is 0.690. The minimum atomic E-state index is -3.71. The molecule has 0 radical (unpaired) electrons. The third-order valence-electron chi connectivity index (χ3n) is 3.21. The molecule has 0 aromatic carbocycles. The van der Waals surface area contributed by atoms with E-state index in [9.17, 15) is 18.0 Å². The summed E-state index contributed by atoms with van der Waals surface area (Å²) in [4.78, 5) is 24.3. The topological polar surface area (TPSA) is 121 Å². The second kappa shape index (κ2) is 6.06. The van der Waals surface area contributed by atoms with Crippen molar-refractivity contribution in [2.24, 2.45) is 10.6 Å². The molecule has 3 N–H and O–H groups in total. The molecule has 0 atom stereocenters. The molecule has 1 saturated heterocycles. The fraction of sp³-hybridized carbons (Fsp3) is 0.818. The number of carbonyl (C=O) groups excluding carboxylic acids is 1. The summed E-state index contributed by atoms with van der Waals surface area (Å²) in [6.45, 7) is 4.34. The van der Waals surface area contributed by atoms with E-state index < -0.39 is 21.6 Å². The predicted octanol–water partition coefficient (Wildman–Crippen LogP) is -0.775. The molecular weight excluding hydrogens is 286 g/mol. The highest BCUT2D eigenvalue weighted by atomic mass is 32.2. The molecule has 1 heterocycles. The van der Waals surface area contributed by atoms with E-state index in [1.807, 2.05) is 0 Å².